The Labute approximate surface area is 110 Å². The second-order valence-electron chi connectivity index (χ2n) is 4.26. The summed E-state index contributed by atoms with van der Waals surface area (Å²) in [4.78, 5) is 4.41. The van der Waals surface area contributed by atoms with E-state index in [1.54, 1.807) is 12.1 Å². The number of nitrogens with zero attached hydrogens (tertiary/aromatic N) is 1. The maximum Gasteiger partial charge on any atom is 0.129 e. The van der Waals surface area contributed by atoms with Gasteiger partial charge in [0.05, 0.1) is 5.03 Å². The molecule has 1 aromatic carbocycles. The van der Waals surface area contributed by atoms with Crippen molar-refractivity contribution in [1.29, 1.82) is 0 Å². The summed E-state index contributed by atoms with van der Waals surface area (Å²) in [6, 6.07) is 8.82. The van der Waals surface area contributed by atoms with Gasteiger partial charge in [-0.1, -0.05) is 6.07 Å². The zero-order chi connectivity index (χ0) is 13.1. The predicted octanol–water partition coefficient (Wildman–Crippen LogP) is 3.71. The van der Waals surface area contributed by atoms with Gasteiger partial charge in [0, 0.05) is 17.1 Å². The average molecular weight is 262 g/mol. The van der Waals surface area contributed by atoms with Gasteiger partial charge in [-0.3, -0.25) is 0 Å². The van der Waals surface area contributed by atoms with E-state index in [2.05, 4.69) is 4.98 Å². The maximum absolute atomic E-state index is 13.6. The Morgan fingerprint density at radius 1 is 1.22 bits per heavy atom. The van der Waals surface area contributed by atoms with Gasteiger partial charge in [-0.15, -0.1) is 11.8 Å². The van der Waals surface area contributed by atoms with E-state index < -0.39 is 0 Å². The predicted molar refractivity (Wildman–Crippen MR) is 74.1 cm³/mol. The molecule has 94 valence electrons. The lowest BCUT2D eigenvalue weighted by molar-refractivity contribution is 0.618. The summed E-state index contributed by atoms with van der Waals surface area (Å²) >= 11 is 1.53. The Morgan fingerprint density at radius 3 is 2.67 bits per heavy atom. The first-order chi connectivity index (χ1) is 8.54. The van der Waals surface area contributed by atoms with Crippen molar-refractivity contribution in [1.82, 2.24) is 4.98 Å². The molecule has 2 aromatic rings. The maximum atomic E-state index is 13.6. The number of nitrogens with two attached hydrogens (primary N) is 1. The first kappa shape index (κ1) is 12.9. The zero-order valence-corrected chi connectivity index (χ0v) is 11.2. The Bertz CT molecular complexity index is 549. The van der Waals surface area contributed by atoms with Crippen molar-refractivity contribution in [2.75, 3.05) is 5.73 Å². The van der Waals surface area contributed by atoms with Crippen molar-refractivity contribution >= 4 is 17.4 Å². The summed E-state index contributed by atoms with van der Waals surface area (Å²) in [5.41, 5.74) is 8.76. The molecule has 0 saturated heterocycles. The highest BCUT2D eigenvalue weighted by atomic mass is 32.2. The zero-order valence-electron chi connectivity index (χ0n) is 10.4. The molecule has 0 unspecified atom stereocenters. The van der Waals surface area contributed by atoms with Crippen molar-refractivity contribution < 1.29 is 4.39 Å². The van der Waals surface area contributed by atoms with E-state index in [0.29, 0.717) is 17.0 Å². The highest BCUT2D eigenvalue weighted by Gasteiger charge is 2.05. The molecule has 2 rings (SSSR count). The summed E-state index contributed by atoms with van der Waals surface area (Å²) in [5, 5.41) is 0.920. The Hall–Kier alpha value is -1.55. The lowest BCUT2D eigenvalue weighted by Crippen LogP contribution is -1.93. The van der Waals surface area contributed by atoms with Crippen LogP contribution in [0.2, 0.25) is 0 Å². The van der Waals surface area contributed by atoms with Gasteiger partial charge in [0.1, 0.15) is 5.82 Å². The highest BCUT2D eigenvalue weighted by molar-refractivity contribution is 7.98. The van der Waals surface area contributed by atoms with Crippen LogP contribution in [0.3, 0.4) is 0 Å². The Kier molecular flexibility index (Phi) is 3.87. The van der Waals surface area contributed by atoms with E-state index >= 15 is 0 Å². The van der Waals surface area contributed by atoms with Crippen molar-refractivity contribution in [2.24, 2.45) is 0 Å². The van der Waals surface area contributed by atoms with Crippen LogP contribution in [0.5, 0.6) is 0 Å². The second-order valence-corrected chi connectivity index (χ2v) is 5.26. The molecule has 0 amide bonds. The van der Waals surface area contributed by atoms with Gasteiger partial charge < -0.3 is 5.73 Å². The number of aromatic nitrogens is 1. The summed E-state index contributed by atoms with van der Waals surface area (Å²) in [5.74, 6) is 0.300. The fourth-order valence-electron chi connectivity index (χ4n) is 1.71. The summed E-state index contributed by atoms with van der Waals surface area (Å²) in [6.45, 7) is 3.99. The Morgan fingerprint density at radius 2 is 2.00 bits per heavy atom. The van der Waals surface area contributed by atoms with Gasteiger partial charge in [-0.25, -0.2) is 9.37 Å². The molecule has 0 aliphatic carbocycles. The van der Waals surface area contributed by atoms with Gasteiger partial charge in [0.2, 0.25) is 0 Å². The minimum absolute atomic E-state index is 0.258. The van der Waals surface area contributed by atoms with Gasteiger partial charge in [-0.2, -0.15) is 0 Å². The molecule has 0 saturated carbocycles. The number of hydrogen-bond acceptors (Lipinski definition) is 3. The van der Waals surface area contributed by atoms with E-state index in [-0.39, 0.29) is 5.82 Å². The van der Waals surface area contributed by atoms with Crippen LogP contribution in [-0.2, 0) is 5.75 Å². The van der Waals surface area contributed by atoms with Gasteiger partial charge in [-0.05, 0) is 49.2 Å². The van der Waals surface area contributed by atoms with Crippen LogP contribution in [0, 0.1) is 19.7 Å². The molecule has 0 aliphatic heterocycles. The molecule has 1 heterocycles. The van der Waals surface area contributed by atoms with Crippen molar-refractivity contribution in [3.05, 3.63) is 53.0 Å². The third kappa shape index (κ3) is 3.23. The number of aryl methyl sites for hydroxylation is 2. The minimum Gasteiger partial charge on any atom is -0.399 e. The Balaban J connectivity index is 2.11. The van der Waals surface area contributed by atoms with Crippen LogP contribution in [0.15, 0.2) is 35.4 Å². The largest absolute Gasteiger partial charge is 0.399 e. The van der Waals surface area contributed by atoms with Crippen LogP contribution in [-0.4, -0.2) is 4.98 Å². The fourth-order valence-corrected chi connectivity index (χ4v) is 2.73. The molecule has 0 bridgehead atoms. The lowest BCUT2D eigenvalue weighted by atomic mass is 10.2. The van der Waals surface area contributed by atoms with Crippen molar-refractivity contribution in [3.63, 3.8) is 0 Å². The smallest absolute Gasteiger partial charge is 0.129 e. The SMILES string of the molecule is Cc1cc(C)nc(SCc2ccc(N)cc2F)c1. The number of anilines is 1. The minimum atomic E-state index is -0.258. The van der Waals surface area contributed by atoms with Gasteiger partial charge in [0.15, 0.2) is 0 Å². The number of benzene rings is 1. The number of thioether (sulfide) groups is 1. The number of rotatable bonds is 3. The normalized spacial score (nSPS) is 10.6. The molecular weight excluding hydrogens is 247 g/mol. The molecular formula is C14H15FN2S. The molecule has 2 N–H and O–H groups in total. The first-order valence-corrected chi connectivity index (χ1v) is 6.65. The monoisotopic (exact) mass is 262 g/mol. The number of pyridine rings is 1. The van der Waals surface area contributed by atoms with Crippen LogP contribution in [0.4, 0.5) is 10.1 Å². The second kappa shape index (κ2) is 5.40. The third-order valence-electron chi connectivity index (χ3n) is 2.53. The van der Waals surface area contributed by atoms with Crippen LogP contribution in [0.25, 0.3) is 0 Å². The number of hydrogen-bond donors (Lipinski definition) is 1. The van der Waals surface area contributed by atoms with Gasteiger partial charge in [0.25, 0.3) is 0 Å². The topological polar surface area (TPSA) is 38.9 Å². The quantitative estimate of drug-likeness (QED) is 0.677. The summed E-state index contributed by atoms with van der Waals surface area (Å²) in [7, 11) is 0. The molecule has 2 nitrogen and oxygen atoms in total. The molecule has 0 spiro atoms. The van der Waals surface area contributed by atoms with Crippen molar-refractivity contribution in [2.45, 2.75) is 24.6 Å². The van der Waals surface area contributed by atoms with E-state index in [1.807, 2.05) is 26.0 Å². The molecule has 0 atom stereocenters. The highest BCUT2D eigenvalue weighted by Crippen LogP contribution is 2.24. The standard InChI is InChI=1S/C14H15FN2S/c1-9-5-10(2)17-14(6-9)18-8-11-3-4-12(16)7-13(11)15/h3-7H,8,16H2,1-2H3. The fraction of sp³-hybridized carbons (Fsp3) is 0.214. The molecule has 1 aromatic heterocycles. The van der Waals surface area contributed by atoms with E-state index in [4.69, 9.17) is 5.73 Å². The summed E-state index contributed by atoms with van der Waals surface area (Å²) in [6.07, 6.45) is 0. The van der Waals surface area contributed by atoms with E-state index in [9.17, 15) is 4.39 Å². The van der Waals surface area contributed by atoms with Crippen LogP contribution < -0.4 is 5.73 Å². The number of halogens is 1. The first-order valence-electron chi connectivity index (χ1n) is 5.66. The molecule has 4 heteroatoms. The third-order valence-corrected chi connectivity index (χ3v) is 3.49. The number of nitrogen functional groups attached to an aromatic ring is 1. The van der Waals surface area contributed by atoms with Gasteiger partial charge >= 0.3 is 0 Å². The molecule has 18 heavy (non-hydrogen) atoms. The van der Waals surface area contributed by atoms with Crippen LogP contribution in [0.1, 0.15) is 16.8 Å². The average Bonchev–Trinajstić information content (AvgIpc) is 2.26. The van der Waals surface area contributed by atoms with E-state index in [0.717, 1.165) is 10.7 Å². The molecule has 0 fully saturated rings. The van der Waals surface area contributed by atoms with Crippen LogP contribution >= 0.6 is 11.8 Å². The van der Waals surface area contributed by atoms with E-state index in [1.165, 1.54) is 23.4 Å². The summed E-state index contributed by atoms with van der Waals surface area (Å²) < 4.78 is 13.6. The lowest BCUT2D eigenvalue weighted by Gasteiger charge is -2.05. The molecule has 0 aliphatic rings. The van der Waals surface area contributed by atoms with Crippen molar-refractivity contribution in [3.8, 4) is 0 Å². The molecule has 0 radical (unpaired) electrons.